The van der Waals surface area contributed by atoms with Crippen molar-refractivity contribution in [1.82, 2.24) is 5.32 Å². The van der Waals surface area contributed by atoms with Crippen LogP contribution < -0.4 is 10.1 Å². The summed E-state index contributed by atoms with van der Waals surface area (Å²) in [6, 6.07) is 3.26. The Kier molecular flexibility index (Phi) is 7.84. The molecule has 1 aromatic carbocycles. The Balaban J connectivity index is 2.25. The van der Waals surface area contributed by atoms with Gasteiger partial charge in [-0.3, -0.25) is 0 Å². The fourth-order valence-corrected chi connectivity index (χ4v) is 2.04. The average Bonchev–Trinajstić information content (AvgIpc) is 2.34. The van der Waals surface area contributed by atoms with E-state index in [9.17, 15) is 0 Å². The van der Waals surface area contributed by atoms with Crippen molar-refractivity contribution in [2.45, 2.75) is 26.2 Å². The maximum Gasteiger partial charge on any atom is 0.139 e. The van der Waals surface area contributed by atoms with Crippen LogP contribution in [0.2, 0.25) is 15.1 Å². The molecule has 5 heteroatoms. The second-order valence-corrected chi connectivity index (χ2v) is 5.22. The van der Waals surface area contributed by atoms with E-state index in [1.165, 1.54) is 0 Å². The quantitative estimate of drug-likeness (QED) is 0.550. The van der Waals surface area contributed by atoms with Gasteiger partial charge in [-0.25, -0.2) is 0 Å². The summed E-state index contributed by atoms with van der Waals surface area (Å²) in [6.07, 6.45) is 3.22. The monoisotopic (exact) mass is 309 g/mol. The highest BCUT2D eigenvalue weighted by Gasteiger charge is 2.06. The molecule has 2 nitrogen and oxygen atoms in total. The fourth-order valence-electron chi connectivity index (χ4n) is 1.45. The molecular weight excluding hydrogens is 293 g/mol. The van der Waals surface area contributed by atoms with E-state index >= 15 is 0 Å². The van der Waals surface area contributed by atoms with Crippen molar-refractivity contribution in [1.29, 1.82) is 0 Å². The Labute approximate surface area is 124 Å². The van der Waals surface area contributed by atoms with Crippen LogP contribution in [0, 0.1) is 0 Å². The molecule has 0 aliphatic carbocycles. The third-order valence-corrected chi connectivity index (χ3v) is 3.42. The van der Waals surface area contributed by atoms with E-state index in [1.54, 1.807) is 12.1 Å². The molecule has 18 heavy (non-hydrogen) atoms. The number of halogens is 3. The van der Waals surface area contributed by atoms with Gasteiger partial charge in [-0.1, -0.05) is 41.7 Å². The summed E-state index contributed by atoms with van der Waals surface area (Å²) >= 11 is 17.7. The van der Waals surface area contributed by atoms with Crippen LogP contribution >= 0.6 is 34.8 Å². The molecule has 0 radical (unpaired) electrons. The summed E-state index contributed by atoms with van der Waals surface area (Å²) in [4.78, 5) is 0. The van der Waals surface area contributed by atoms with Gasteiger partial charge in [0.1, 0.15) is 5.75 Å². The van der Waals surface area contributed by atoms with Crippen LogP contribution in [0.1, 0.15) is 26.2 Å². The third kappa shape index (κ3) is 5.66. The minimum Gasteiger partial charge on any atom is -0.492 e. The first-order valence-electron chi connectivity index (χ1n) is 6.13. The summed E-state index contributed by atoms with van der Waals surface area (Å²) in [5, 5.41) is 4.74. The Bertz CT molecular complexity index is 371. The van der Waals surface area contributed by atoms with Crippen molar-refractivity contribution in [2.24, 2.45) is 0 Å². The largest absolute Gasteiger partial charge is 0.492 e. The van der Waals surface area contributed by atoms with E-state index < -0.39 is 0 Å². The summed E-state index contributed by atoms with van der Waals surface area (Å²) in [5.41, 5.74) is 0. The molecule has 1 aromatic rings. The smallest absolute Gasteiger partial charge is 0.139 e. The van der Waals surface area contributed by atoms with E-state index in [-0.39, 0.29) is 0 Å². The molecule has 0 heterocycles. The number of hydrogen-bond acceptors (Lipinski definition) is 2. The van der Waals surface area contributed by atoms with Gasteiger partial charge in [0, 0.05) is 6.07 Å². The predicted octanol–water partition coefficient (Wildman–Crippen LogP) is 4.81. The zero-order valence-corrected chi connectivity index (χ0v) is 12.7. The van der Waals surface area contributed by atoms with Gasteiger partial charge in [0.05, 0.1) is 21.7 Å². The van der Waals surface area contributed by atoms with Crippen LogP contribution in [0.15, 0.2) is 12.1 Å². The molecule has 0 atom stereocenters. The van der Waals surface area contributed by atoms with Gasteiger partial charge in [0.2, 0.25) is 0 Å². The number of benzene rings is 1. The predicted molar refractivity (Wildman–Crippen MR) is 79.4 cm³/mol. The number of nitrogens with one attached hydrogen (secondary N) is 1. The lowest BCUT2D eigenvalue weighted by Gasteiger charge is -2.09. The minimum absolute atomic E-state index is 0.442. The van der Waals surface area contributed by atoms with E-state index in [4.69, 9.17) is 39.5 Å². The van der Waals surface area contributed by atoms with Crippen molar-refractivity contribution in [3.63, 3.8) is 0 Å². The Morgan fingerprint density at radius 1 is 1.00 bits per heavy atom. The number of ether oxygens (including phenoxy) is 1. The van der Waals surface area contributed by atoms with Gasteiger partial charge in [0.25, 0.3) is 0 Å². The van der Waals surface area contributed by atoms with Crippen LogP contribution in [0.25, 0.3) is 0 Å². The molecule has 0 fully saturated rings. The highest BCUT2D eigenvalue weighted by atomic mass is 35.5. The first kappa shape index (κ1) is 15.9. The van der Waals surface area contributed by atoms with Crippen LogP contribution in [-0.4, -0.2) is 19.7 Å². The molecule has 102 valence electrons. The third-order valence-electron chi connectivity index (χ3n) is 2.41. The maximum atomic E-state index is 6.00. The average molecular weight is 311 g/mol. The highest BCUT2D eigenvalue weighted by Crippen LogP contribution is 2.33. The standard InChI is InChI=1S/C13H18Cl3NO/c1-2-5-17-6-3-4-7-18-13-9-11(15)10(14)8-12(13)16/h8-9,17H,2-7H2,1H3. The summed E-state index contributed by atoms with van der Waals surface area (Å²) < 4.78 is 5.58. The summed E-state index contributed by atoms with van der Waals surface area (Å²) in [6.45, 7) is 4.87. The van der Waals surface area contributed by atoms with Gasteiger partial charge in [0.15, 0.2) is 0 Å². The molecular formula is C13H18Cl3NO. The zero-order chi connectivity index (χ0) is 13.4. The lowest BCUT2D eigenvalue weighted by molar-refractivity contribution is 0.306. The van der Waals surface area contributed by atoms with Crippen LogP contribution in [-0.2, 0) is 0 Å². The molecule has 0 amide bonds. The zero-order valence-electron chi connectivity index (χ0n) is 10.4. The topological polar surface area (TPSA) is 21.3 Å². The summed E-state index contributed by atoms with van der Waals surface area (Å²) in [5.74, 6) is 0.590. The fraction of sp³-hybridized carbons (Fsp3) is 0.538. The van der Waals surface area contributed by atoms with E-state index in [1.807, 2.05) is 0 Å². The van der Waals surface area contributed by atoms with Crippen LogP contribution in [0.4, 0.5) is 0 Å². The molecule has 1 N–H and O–H groups in total. The molecule has 0 aliphatic heterocycles. The van der Waals surface area contributed by atoms with Crippen LogP contribution in [0.3, 0.4) is 0 Å². The van der Waals surface area contributed by atoms with Gasteiger partial charge < -0.3 is 10.1 Å². The molecule has 1 rings (SSSR count). The lowest BCUT2D eigenvalue weighted by atomic mass is 10.3. The SMILES string of the molecule is CCCNCCCCOc1cc(Cl)c(Cl)cc1Cl. The highest BCUT2D eigenvalue weighted by molar-refractivity contribution is 6.43. The molecule has 0 saturated carbocycles. The Morgan fingerprint density at radius 2 is 1.72 bits per heavy atom. The minimum atomic E-state index is 0.442. The number of rotatable bonds is 8. The normalized spacial score (nSPS) is 10.7. The molecule has 0 bridgehead atoms. The van der Waals surface area contributed by atoms with Crippen molar-refractivity contribution < 1.29 is 4.74 Å². The maximum absolute atomic E-state index is 6.00. The van der Waals surface area contributed by atoms with Crippen LogP contribution in [0.5, 0.6) is 5.75 Å². The van der Waals surface area contributed by atoms with E-state index in [2.05, 4.69) is 12.2 Å². The molecule has 0 saturated heterocycles. The first-order valence-corrected chi connectivity index (χ1v) is 7.26. The van der Waals surface area contributed by atoms with Gasteiger partial charge in [-0.05, 0) is 38.4 Å². The first-order chi connectivity index (χ1) is 8.65. The second-order valence-electron chi connectivity index (χ2n) is 4.00. The van der Waals surface area contributed by atoms with Crippen molar-refractivity contribution in [2.75, 3.05) is 19.7 Å². The van der Waals surface area contributed by atoms with E-state index in [0.29, 0.717) is 27.4 Å². The second kappa shape index (κ2) is 8.87. The Hall–Kier alpha value is -0.150. The van der Waals surface area contributed by atoms with Crippen molar-refractivity contribution in [3.05, 3.63) is 27.2 Å². The Morgan fingerprint density at radius 3 is 2.44 bits per heavy atom. The number of hydrogen-bond donors (Lipinski definition) is 1. The van der Waals surface area contributed by atoms with Gasteiger partial charge in [-0.15, -0.1) is 0 Å². The van der Waals surface area contributed by atoms with E-state index in [0.717, 1.165) is 32.4 Å². The summed E-state index contributed by atoms with van der Waals surface area (Å²) in [7, 11) is 0. The van der Waals surface area contributed by atoms with Gasteiger partial charge >= 0.3 is 0 Å². The van der Waals surface area contributed by atoms with Crippen molar-refractivity contribution in [3.8, 4) is 5.75 Å². The van der Waals surface area contributed by atoms with Gasteiger partial charge in [-0.2, -0.15) is 0 Å². The lowest BCUT2D eigenvalue weighted by Crippen LogP contribution is -2.16. The molecule has 0 aliphatic rings. The van der Waals surface area contributed by atoms with Crippen molar-refractivity contribution >= 4 is 34.8 Å². The molecule has 0 aromatic heterocycles. The number of unbranched alkanes of at least 4 members (excludes halogenated alkanes) is 1. The molecule has 0 unspecified atom stereocenters. The molecule has 0 spiro atoms.